The zero-order chi connectivity index (χ0) is 4.12. The summed E-state index contributed by atoms with van der Waals surface area (Å²) in [6, 6.07) is 0. The van der Waals surface area contributed by atoms with Gasteiger partial charge in [-0.05, 0) is 0 Å². The molecule has 0 aromatic carbocycles. The van der Waals surface area contributed by atoms with Gasteiger partial charge in [-0.15, -0.1) is 0 Å². The van der Waals surface area contributed by atoms with Crippen molar-refractivity contribution in [3.63, 3.8) is 0 Å². The molecule has 0 atom stereocenters. The van der Waals surface area contributed by atoms with Gasteiger partial charge >= 0.3 is 56.6 Å². The molecule has 0 nitrogen and oxygen atoms in total. The Morgan fingerprint density at radius 3 is 1.00 bits per heavy atom. The molecule has 0 amide bonds. The fraction of sp³-hybridized carbons (Fsp3) is 1.00. The number of rotatable bonds is 2. The van der Waals surface area contributed by atoms with Crippen LogP contribution in [0.3, 0.4) is 0 Å². The monoisotopic (exact) mass is 96.2 g/mol. The molecule has 0 fully saturated rings. The van der Waals surface area contributed by atoms with Gasteiger partial charge in [-0.3, -0.25) is 0 Å². The van der Waals surface area contributed by atoms with Gasteiger partial charge in [-0.25, -0.2) is 0 Å². The molecule has 38 valence electrons. The zero-order valence-electron chi connectivity index (χ0n) is 4.12. The summed E-state index contributed by atoms with van der Waals surface area (Å²) in [7, 11) is 0. The SMILES string of the molecule is CCCCC.[LiH].[LiH].[LiH]. The van der Waals surface area contributed by atoms with Gasteiger partial charge in [0.2, 0.25) is 0 Å². The van der Waals surface area contributed by atoms with Crippen molar-refractivity contribution in [1.29, 1.82) is 0 Å². The molecule has 0 heterocycles. The summed E-state index contributed by atoms with van der Waals surface area (Å²) < 4.78 is 0. The van der Waals surface area contributed by atoms with Crippen LogP contribution in [-0.4, -0.2) is 56.6 Å². The van der Waals surface area contributed by atoms with E-state index in [-0.39, 0.29) is 56.6 Å². The molecule has 0 radical (unpaired) electrons. The van der Waals surface area contributed by atoms with Gasteiger partial charge in [-0.2, -0.15) is 0 Å². The quantitative estimate of drug-likeness (QED) is 0.432. The first-order valence-electron chi connectivity index (χ1n) is 2.41. The van der Waals surface area contributed by atoms with E-state index < -0.39 is 0 Å². The Labute approximate surface area is 89.1 Å². The Kier molecular flexibility index (Phi) is 65.6. The molecule has 0 saturated heterocycles. The van der Waals surface area contributed by atoms with Crippen molar-refractivity contribution in [2.45, 2.75) is 33.1 Å². The fourth-order valence-corrected chi connectivity index (χ4v) is 0.354. The summed E-state index contributed by atoms with van der Waals surface area (Å²) in [5.41, 5.74) is 0. The molecule has 0 N–H and O–H groups in total. The van der Waals surface area contributed by atoms with Crippen molar-refractivity contribution in [3.05, 3.63) is 0 Å². The van der Waals surface area contributed by atoms with Crippen molar-refractivity contribution < 1.29 is 0 Å². The topological polar surface area (TPSA) is 0 Å². The van der Waals surface area contributed by atoms with Gasteiger partial charge in [0, 0.05) is 0 Å². The molecule has 8 heavy (non-hydrogen) atoms. The van der Waals surface area contributed by atoms with Gasteiger partial charge in [0.05, 0.1) is 0 Å². The molecule has 3 heteroatoms. The minimum atomic E-state index is 0. The third kappa shape index (κ3) is 25.0. The summed E-state index contributed by atoms with van der Waals surface area (Å²) in [4.78, 5) is 0. The predicted octanol–water partition coefficient (Wildman–Crippen LogP) is 0.251. The Bertz CT molecular complexity index is 15.1. The maximum atomic E-state index is 2.21. The van der Waals surface area contributed by atoms with Crippen LogP contribution in [0, 0.1) is 0 Å². The average Bonchev–Trinajstić information content (AvgIpc) is 1.41. The predicted molar refractivity (Wildman–Crippen MR) is 46.6 cm³/mol. The molecule has 0 aliphatic carbocycles. The van der Waals surface area contributed by atoms with Crippen LogP contribution < -0.4 is 0 Å². The first kappa shape index (κ1) is 22.6. The molecule has 0 aromatic heterocycles. The Morgan fingerprint density at radius 2 is 1.00 bits per heavy atom. The van der Waals surface area contributed by atoms with E-state index in [0.29, 0.717) is 0 Å². The summed E-state index contributed by atoms with van der Waals surface area (Å²) in [5.74, 6) is 0. The van der Waals surface area contributed by atoms with E-state index in [1.54, 1.807) is 0 Å². The van der Waals surface area contributed by atoms with Crippen LogP contribution >= 0.6 is 0 Å². The molecular formula is C5H15Li3. The van der Waals surface area contributed by atoms with Gasteiger partial charge in [0.25, 0.3) is 0 Å². The van der Waals surface area contributed by atoms with Crippen LogP contribution in [0.4, 0.5) is 0 Å². The average molecular weight is 96.0 g/mol. The second-order valence-electron chi connectivity index (χ2n) is 1.35. The van der Waals surface area contributed by atoms with Gasteiger partial charge < -0.3 is 0 Å². The van der Waals surface area contributed by atoms with Gasteiger partial charge in [0.15, 0.2) is 0 Å². The third-order valence-corrected chi connectivity index (χ3v) is 0.707. The molecular weight excluding hydrogens is 80.9 g/mol. The van der Waals surface area contributed by atoms with Crippen LogP contribution in [0.15, 0.2) is 0 Å². The molecule has 0 spiro atoms. The van der Waals surface area contributed by atoms with Crippen LogP contribution in [0.1, 0.15) is 33.1 Å². The summed E-state index contributed by atoms with van der Waals surface area (Å²) in [5, 5.41) is 0. The number of unbranched alkanes of at least 4 members (excludes halogenated alkanes) is 2. The Morgan fingerprint density at radius 1 is 0.750 bits per heavy atom. The zero-order valence-corrected chi connectivity index (χ0v) is 4.12. The first-order valence-corrected chi connectivity index (χ1v) is 2.41. The standard InChI is InChI=1S/C5H12.3Li.3H/c1-3-5-4-2;;;;;;/h3-5H2,1-2H3;;;;;;. The molecule has 0 aliphatic rings. The van der Waals surface area contributed by atoms with Crippen LogP contribution in [-0.2, 0) is 0 Å². The van der Waals surface area contributed by atoms with Gasteiger partial charge in [0.1, 0.15) is 0 Å². The summed E-state index contributed by atoms with van der Waals surface area (Å²) in [6.45, 7) is 4.42. The molecule has 0 rings (SSSR count). The van der Waals surface area contributed by atoms with E-state index in [4.69, 9.17) is 0 Å². The van der Waals surface area contributed by atoms with E-state index in [1.807, 2.05) is 0 Å². The number of hydrogen-bond donors (Lipinski definition) is 0. The molecule has 0 unspecified atom stereocenters. The molecule has 0 aliphatic heterocycles. The first-order chi connectivity index (χ1) is 2.41. The van der Waals surface area contributed by atoms with Crippen molar-refractivity contribution >= 4 is 56.6 Å². The van der Waals surface area contributed by atoms with E-state index in [2.05, 4.69) is 13.8 Å². The summed E-state index contributed by atoms with van der Waals surface area (Å²) >= 11 is 0. The molecule has 0 bridgehead atoms. The van der Waals surface area contributed by atoms with Crippen molar-refractivity contribution in [2.24, 2.45) is 0 Å². The van der Waals surface area contributed by atoms with E-state index in [0.717, 1.165) is 0 Å². The number of hydrogen-bond acceptors (Lipinski definition) is 0. The second-order valence-corrected chi connectivity index (χ2v) is 1.35. The van der Waals surface area contributed by atoms with Crippen LogP contribution in [0.2, 0.25) is 0 Å². The third-order valence-electron chi connectivity index (χ3n) is 0.707. The van der Waals surface area contributed by atoms with E-state index in [1.165, 1.54) is 19.3 Å². The molecule has 0 saturated carbocycles. The normalized spacial score (nSPS) is 5.25. The van der Waals surface area contributed by atoms with Crippen molar-refractivity contribution in [3.8, 4) is 0 Å². The van der Waals surface area contributed by atoms with Crippen LogP contribution in [0.5, 0.6) is 0 Å². The van der Waals surface area contributed by atoms with Crippen molar-refractivity contribution in [1.82, 2.24) is 0 Å². The van der Waals surface area contributed by atoms with Crippen LogP contribution in [0.25, 0.3) is 0 Å². The second kappa shape index (κ2) is 23.2. The minimum absolute atomic E-state index is 0. The van der Waals surface area contributed by atoms with E-state index in [9.17, 15) is 0 Å². The van der Waals surface area contributed by atoms with Crippen molar-refractivity contribution in [2.75, 3.05) is 0 Å². The Hall–Kier alpha value is 1.79. The Balaban J connectivity index is -0.0000000267. The summed E-state index contributed by atoms with van der Waals surface area (Å²) in [6.07, 6.45) is 4.08. The fourth-order valence-electron chi connectivity index (χ4n) is 0.354. The maximum absolute atomic E-state index is 2.21. The van der Waals surface area contributed by atoms with Gasteiger partial charge in [-0.1, -0.05) is 33.1 Å². The van der Waals surface area contributed by atoms with E-state index >= 15 is 0 Å². The molecule has 0 aromatic rings.